The second kappa shape index (κ2) is 2.33. The van der Waals surface area contributed by atoms with Gasteiger partial charge in [0.1, 0.15) is 6.08 Å². The summed E-state index contributed by atoms with van der Waals surface area (Å²) in [5, 5.41) is 8.95. The van der Waals surface area contributed by atoms with E-state index >= 15 is 0 Å². The molecular formula is C7H7O2+. The van der Waals surface area contributed by atoms with E-state index in [-0.39, 0.29) is 5.76 Å². The molecule has 1 N–H and O–H groups in total. The number of hydrogen-bond acceptors (Lipinski definition) is 2. The SMILES string of the molecule is COC1=[C+]C=CC=C1O. The molecule has 0 fully saturated rings. The van der Waals surface area contributed by atoms with Gasteiger partial charge in [0.2, 0.25) is 0 Å². The van der Waals surface area contributed by atoms with Crippen molar-refractivity contribution >= 4 is 0 Å². The standard InChI is InChI=1S/C7H6O2/c1-9-7-5-3-2-4-6(7)8/h2-4H,1H3/p+1. The molecule has 0 radical (unpaired) electrons. The summed E-state index contributed by atoms with van der Waals surface area (Å²) in [5.41, 5.74) is 0. The monoisotopic (exact) mass is 123 g/mol. The van der Waals surface area contributed by atoms with Crippen molar-refractivity contribution < 1.29 is 9.84 Å². The van der Waals surface area contributed by atoms with E-state index in [9.17, 15) is 0 Å². The Morgan fingerprint density at radius 2 is 2.44 bits per heavy atom. The summed E-state index contributed by atoms with van der Waals surface area (Å²) in [4.78, 5) is 0. The van der Waals surface area contributed by atoms with Crippen LogP contribution in [-0.2, 0) is 4.74 Å². The number of methoxy groups -OCH3 is 1. The van der Waals surface area contributed by atoms with Crippen molar-refractivity contribution in [2.75, 3.05) is 7.11 Å². The molecule has 0 atom stereocenters. The normalized spacial score (nSPS) is 15.7. The molecular weight excluding hydrogens is 116 g/mol. The van der Waals surface area contributed by atoms with Gasteiger partial charge in [0.05, 0.1) is 25.3 Å². The lowest BCUT2D eigenvalue weighted by molar-refractivity contribution is 0.254. The maximum atomic E-state index is 8.95. The zero-order chi connectivity index (χ0) is 6.69. The fourth-order valence-corrected chi connectivity index (χ4v) is 0.576. The highest BCUT2D eigenvalue weighted by Gasteiger charge is 2.13. The molecule has 1 aliphatic rings. The third-order valence-electron chi connectivity index (χ3n) is 1.00. The largest absolute Gasteiger partial charge is 0.466 e. The van der Waals surface area contributed by atoms with E-state index in [2.05, 4.69) is 6.08 Å². The molecule has 0 spiro atoms. The van der Waals surface area contributed by atoms with Gasteiger partial charge < -0.3 is 9.84 Å². The van der Waals surface area contributed by atoms with Gasteiger partial charge in [0, 0.05) is 0 Å². The molecule has 2 heteroatoms. The Morgan fingerprint density at radius 1 is 1.67 bits per heavy atom. The Labute approximate surface area is 53.8 Å². The van der Waals surface area contributed by atoms with Gasteiger partial charge in [-0.15, -0.1) is 0 Å². The first-order valence-electron chi connectivity index (χ1n) is 2.58. The molecule has 0 aliphatic heterocycles. The first-order valence-corrected chi connectivity index (χ1v) is 2.58. The molecule has 0 saturated carbocycles. The molecule has 2 nitrogen and oxygen atoms in total. The van der Waals surface area contributed by atoms with Crippen molar-refractivity contribution in [3.05, 3.63) is 35.8 Å². The van der Waals surface area contributed by atoms with Crippen LogP contribution in [-0.4, -0.2) is 12.2 Å². The van der Waals surface area contributed by atoms with Gasteiger partial charge in [-0.25, -0.2) is 0 Å². The number of allylic oxidation sites excluding steroid dienone is 4. The van der Waals surface area contributed by atoms with Crippen LogP contribution in [0.4, 0.5) is 0 Å². The Balaban J connectivity index is 2.83. The molecule has 1 rings (SSSR count). The average Bonchev–Trinajstić information content (AvgIpc) is 1.89. The number of aliphatic hydroxyl groups is 1. The zero-order valence-electron chi connectivity index (χ0n) is 5.09. The number of rotatable bonds is 1. The van der Waals surface area contributed by atoms with Crippen LogP contribution in [0.1, 0.15) is 0 Å². The van der Waals surface area contributed by atoms with Gasteiger partial charge in [-0.1, -0.05) is 0 Å². The molecule has 1 aliphatic carbocycles. The zero-order valence-corrected chi connectivity index (χ0v) is 5.09. The van der Waals surface area contributed by atoms with Crippen molar-refractivity contribution in [2.24, 2.45) is 0 Å². The average molecular weight is 123 g/mol. The van der Waals surface area contributed by atoms with E-state index in [1.807, 2.05) is 0 Å². The highest BCUT2D eigenvalue weighted by Crippen LogP contribution is 2.09. The summed E-state index contributed by atoms with van der Waals surface area (Å²) >= 11 is 0. The van der Waals surface area contributed by atoms with Crippen LogP contribution in [0.5, 0.6) is 0 Å². The van der Waals surface area contributed by atoms with Crippen LogP contribution < -0.4 is 0 Å². The van der Waals surface area contributed by atoms with Crippen molar-refractivity contribution in [1.82, 2.24) is 0 Å². The Kier molecular flexibility index (Phi) is 1.52. The third kappa shape index (κ3) is 1.09. The molecule has 0 aromatic heterocycles. The molecule has 0 unspecified atom stereocenters. The van der Waals surface area contributed by atoms with E-state index in [4.69, 9.17) is 9.84 Å². The van der Waals surface area contributed by atoms with Gasteiger partial charge in [-0.05, 0) is 0 Å². The van der Waals surface area contributed by atoms with E-state index in [0.717, 1.165) is 0 Å². The van der Waals surface area contributed by atoms with Gasteiger partial charge >= 0.3 is 5.76 Å². The van der Waals surface area contributed by atoms with E-state index in [0.29, 0.717) is 5.76 Å². The molecule has 46 valence electrons. The minimum atomic E-state index is 0.125. The van der Waals surface area contributed by atoms with Crippen molar-refractivity contribution in [3.8, 4) is 0 Å². The quantitative estimate of drug-likeness (QED) is 0.533. The van der Waals surface area contributed by atoms with Gasteiger partial charge in [-0.3, -0.25) is 0 Å². The van der Waals surface area contributed by atoms with Crippen LogP contribution >= 0.6 is 0 Å². The van der Waals surface area contributed by atoms with Crippen LogP contribution in [0.25, 0.3) is 0 Å². The van der Waals surface area contributed by atoms with E-state index in [1.165, 1.54) is 7.11 Å². The second-order valence-electron chi connectivity index (χ2n) is 1.59. The molecule has 9 heavy (non-hydrogen) atoms. The van der Waals surface area contributed by atoms with Crippen LogP contribution in [0.2, 0.25) is 0 Å². The van der Waals surface area contributed by atoms with Gasteiger partial charge in [-0.2, -0.15) is 0 Å². The fraction of sp³-hybridized carbons (Fsp3) is 0.143. The second-order valence-corrected chi connectivity index (χ2v) is 1.59. The van der Waals surface area contributed by atoms with Crippen LogP contribution in [0.3, 0.4) is 0 Å². The predicted octanol–water partition coefficient (Wildman–Crippen LogP) is 1.33. The highest BCUT2D eigenvalue weighted by molar-refractivity contribution is 5.29. The smallest absolute Gasteiger partial charge is 0.333 e. The minimum absolute atomic E-state index is 0.125. The Morgan fingerprint density at radius 3 is 2.89 bits per heavy atom. The Bertz CT molecular complexity index is 187. The topological polar surface area (TPSA) is 29.5 Å². The van der Waals surface area contributed by atoms with Gasteiger partial charge in [0.25, 0.3) is 5.76 Å². The minimum Gasteiger partial charge on any atom is -0.466 e. The maximum absolute atomic E-state index is 8.95. The van der Waals surface area contributed by atoms with Crippen molar-refractivity contribution in [2.45, 2.75) is 0 Å². The summed E-state index contributed by atoms with van der Waals surface area (Å²) in [7, 11) is 1.49. The van der Waals surface area contributed by atoms with Crippen LogP contribution in [0, 0.1) is 6.08 Å². The lowest BCUT2D eigenvalue weighted by Crippen LogP contribution is -1.92. The van der Waals surface area contributed by atoms with Gasteiger partial charge in [0.15, 0.2) is 0 Å². The van der Waals surface area contributed by atoms with Crippen molar-refractivity contribution in [3.63, 3.8) is 0 Å². The summed E-state index contributed by atoms with van der Waals surface area (Å²) in [6.07, 6.45) is 7.64. The third-order valence-corrected chi connectivity index (χ3v) is 1.00. The summed E-state index contributed by atoms with van der Waals surface area (Å²) in [5.74, 6) is 0.512. The molecule has 0 heterocycles. The molecule has 0 saturated heterocycles. The van der Waals surface area contributed by atoms with E-state index < -0.39 is 0 Å². The lowest BCUT2D eigenvalue weighted by Gasteiger charge is -1.94. The summed E-state index contributed by atoms with van der Waals surface area (Å²) in [6, 6.07) is 0. The first-order chi connectivity index (χ1) is 4.34. The molecule has 0 aromatic carbocycles. The van der Waals surface area contributed by atoms with E-state index in [1.54, 1.807) is 18.2 Å². The molecule has 0 aromatic rings. The number of hydrogen-bond donors (Lipinski definition) is 1. The first kappa shape index (κ1) is 5.86. The lowest BCUT2D eigenvalue weighted by atomic mass is 10.2. The molecule has 0 bridgehead atoms. The summed E-state index contributed by atoms with van der Waals surface area (Å²) in [6.45, 7) is 0. The highest BCUT2D eigenvalue weighted by atomic mass is 16.5. The van der Waals surface area contributed by atoms with Crippen molar-refractivity contribution in [1.29, 1.82) is 0 Å². The number of ether oxygens (including phenoxy) is 1. The number of aliphatic hydroxyl groups excluding tert-OH is 1. The fourth-order valence-electron chi connectivity index (χ4n) is 0.576. The Hall–Kier alpha value is -1.27. The molecule has 0 amide bonds. The predicted molar refractivity (Wildman–Crippen MR) is 33.6 cm³/mol. The maximum Gasteiger partial charge on any atom is 0.333 e. The van der Waals surface area contributed by atoms with Crippen LogP contribution in [0.15, 0.2) is 29.7 Å². The summed E-state index contributed by atoms with van der Waals surface area (Å²) < 4.78 is 4.74.